The van der Waals surface area contributed by atoms with E-state index in [-0.39, 0.29) is 5.91 Å². The molecule has 1 N–H and O–H groups in total. The molecule has 2 radical (unpaired) electrons. The molecule has 18 heavy (non-hydrogen) atoms. The van der Waals surface area contributed by atoms with Gasteiger partial charge in [0.05, 0.1) is 0 Å². The van der Waals surface area contributed by atoms with E-state index in [2.05, 4.69) is 5.32 Å². The van der Waals surface area contributed by atoms with Crippen LogP contribution in [-0.4, -0.2) is 20.3 Å². The molecule has 2 nitrogen and oxygen atoms in total. The molecule has 1 aliphatic rings. The Kier molecular flexibility index (Phi) is 4.86. The molecule has 0 heterocycles. The second kappa shape index (κ2) is 6.62. The zero-order valence-electron chi connectivity index (χ0n) is 10.8. The van der Waals surface area contributed by atoms with E-state index >= 15 is 0 Å². The molecule has 1 fully saturated rings. The topological polar surface area (TPSA) is 29.1 Å². The van der Waals surface area contributed by atoms with Crippen molar-refractivity contribution in [2.45, 2.75) is 38.5 Å². The largest absolute Gasteiger partial charge is 0.352 e. The highest BCUT2D eigenvalue weighted by atomic mass is 16.1. The van der Waals surface area contributed by atoms with Gasteiger partial charge in [-0.05, 0) is 18.4 Å². The second-order valence-corrected chi connectivity index (χ2v) is 5.17. The number of benzene rings is 1. The molecule has 1 amide bonds. The van der Waals surface area contributed by atoms with E-state index < -0.39 is 0 Å². The predicted molar refractivity (Wildman–Crippen MR) is 75.4 cm³/mol. The Morgan fingerprint density at radius 3 is 2.78 bits per heavy atom. The van der Waals surface area contributed by atoms with Crippen LogP contribution in [0.3, 0.4) is 0 Å². The minimum absolute atomic E-state index is 0.0156. The van der Waals surface area contributed by atoms with E-state index in [0.717, 1.165) is 18.9 Å². The maximum absolute atomic E-state index is 11.9. The van der Waals surface area contributed by atoms with Gasteiger partial charge in [-0.2, -0.15) is 0 Å². The lowest BCUT2D eigenvalue weighted by Crippen LogP contribution is -2.27. The molecule has 1 saturated carbocycles. The van der Waals surface area contributed by atoms with Crippen LogP contribution in [-0.2, 0) is 0 Å². The summed E-state index contributed by atoms with van der Waals surface area (Å²) in [5, 5.41) is 2.98. The van der Waals surface area contributed by atoms with Crippen molar-refractivity contribution in [2.24, 2.45) is 5.92 Å². The third kappa shape index (κ3) is 3.90. The Labute approximate surface area is 111 Å². The van der Waals surface area contributed by atoms with Gasteiger partial charge in [0.25, 0.3) is 5.91 Å². The van der Waals surface area contributed by atoms with Crippen molar-refractivity contribution >= 4 is 19.2 Å². The average molecular weight is 241 g/mol. The summed E-state index contributed by atoms with van der Waals surface area (Å²) in [5.41, 5.74) is 1.29. The molecule has 1 aromatic rings. The zero-order valence-corrected chi connectivity index (χ0v) is 10.8. The van der Waals surface area contributed by atoms with Crippen molar-refractivity contribution < 1.29 is 4.79 Å². The lowest BCUT2D eigenvalue weighted by molar-refractivity contribution is 0.0950. The van der Waals surface area contributed by atoms with Gasteiger partial charge in [-0.1, -0.05) is 55.8 Å². The summed E-state index contributed by atoms with van der Waals surface area (Å²) in [6.07, 6.45) is 7.85. The molecule has 0 unspecified atom stereocenters. The van der Waals surface area contributed by atoms with Crippen LogP contribution in [0, 0.1) is 5.92 Å². The predicted octanol–water partition coefficient (Wildman–Crippen LogP) is 2.18. The third-order valence-electron chi connectivity index (χ3n) is 3.71. The maximum Gasteiger partial charge on any atom is 0.251 e. The van der Waals surface area contributed by atoms with E-state index in [1.807, 2.05) is 6.07 Å². The monoisotopic (exact) mass is 241 g/mol. The number of hydrogen-bond acceptors (Lipinski definition) is 1. The van der Waals surface area contributed by atoms with Gasteiger partial charge in [0.15, 0.2) is 0 Å². The standard InChI is InChI=1S/C15H20BNO/c16-14-8-4-7-13(11-14)15(18)17-10-9-12-5-2-1-3-6-12/h4,7-8,11-12H,1-3,5-6,9-10H2,(H,17,18). The van der Waals surface area contributed by atoms with E-state index in [1.54, 1.807) is 18.2 Å². The van der Waals surface area contributed by atoms with Gasteiger partial charge >= 0.3 is 0 Å². The van der Waals surface area contributed by atoms with Crippen molar-refractivity contribution in [3.05, 3.63) is 29.8 Å². The number of nitrogens with one attached hydrogen (secondary N) is 1. The molecule has 94 valence electrons. The quantitative estimate of drug-likeness (QED) is 0.804. The van der Waals surface area contributed by atoms with Gasteiger partial charge in [0.1, 0.15) is 7.85 Å². The van der Waals surface area contributed by atoms with Gasteiger partial charge in [-0.3, -0.25) is 4.79 Å². The number of hydrogen-bond donors (Lipinski definition) is 1. The van der Waals surface area contributed by atoms with Gasteiger partial charge in [-0.15, -0.1) is 0 Å². The lowest BCUT2D eigenvalue weighted by atomic mass is 9.87. The van der Waals surface area contributed by atoms with Crippen LogP contribution in [0.4, 0.5) is 0 Å². The van der Waals surface area contributed by atoms with E-state index in [1.165, 1.54) is 32.1 Å². The highest BCUT2D eigenvalue weighted by Gasteiger charge is 2.13. The Balaban J connectivity index is 1.74. The Morgan fingerprint density at radius 2 is 2.06 bits per heavy atom. The highest BCUT2D eigenvalue weighted by Crippen LogP contribution is 2.25. The molecule has 2 rings (SSSR count). The Hall–Kier alpha value is -1.25. The van der Waals surface area contributed by atoms with Gasteiger partial charge in [-0.25, -0.2) is 0 Å². The molecular weight excluding hydrogens is 221 g/mol. The summed E-state index contributed by atoms with van der Waals surface area (Å²) in [6.45, 7) is 0.776. The van der Waals surface area contributed by atoms with Gasteiger partial charge < -0.3 is 5.32 Å². The van der Waals surface area contributed by atoms with Crippen LogP contribution < -0.4 is 10.8 Å². The average Bonchev–Trinajstić information content (AvgIpc) is 2.40. The summed E-state index contributed by atoms with van der Waals surface area (Å²) in [6, 6.07) is 7.12. The van der Waals surface area contributed by atoms with E-state index in [0.29, 0.717) is 11.0 Å². The molecule has 3 heteroatoms. The summed E-state index contributed by atoms with van der Waals surface area (Å²) < 4.78 is 0. The van der Waals surface area contributed by atoms with Crippen molar-refractivity contribution in [2.75, 3.05) is 6.54 Å². The number of rotatable bonds is 4. The number of amides is 1. The molecule has 0 bridgehead atoms. The first-order chi connectivity index (χ1) is 8.75. The Bertz CT molecular complexity index is 399. The maximum atomic E-state index is 11.9. The van der Waals surface area contributed by atoms with Crippen LogP contribution in [0.25, 0.3) is 0 Å². The fraction of sp³-hybridized carbons (Fsp3) is 0.533. The Morgan fingerprint density at radius 1 is 1.28 bits per heavy atom. The van der Waals surface area contributed by atoms with Crippen LogP contribution in [0.5, 0.6) is 0 Å². The summed E-state index contributed by atoms with van der Waals surface area (Å²) in [4.78, 5) is 11.9. The molecule has 0 aromatic heterocycles. The molecular formula is C15H20BNO. The van der Waals surface area contributed by atoms with Crippen LogP contribution in [0.2, 0.25) is 0 Å². The summed E-state index contributed by atoms with van der Waals surface area (Å²) in [7, 11) is 5.66. The second-order valence-electron chi connectivity index (χ2n) is 5.17. The van der Waals surface area contributed by atoms with Gasteiger partial charge in [0.2, 0.25) is 0 Å². The fourth-order valence-corrected chi connectivity index (χ4v) is 2.65. The summed E-state index contributed by atoms with van der Waals surface area (Å²) >= 11 is 0. The fourth-order valence-electron chi connectivity index (χ4n) is 2.65. The zero-order chi connectivity index (χ0) is 12.8. The molecule has 0 atom stereocenters. The van der Waals surface area contributed by atoms with Crippen LogP contribution in [0.15, 0.2) is 24.3 Å². The molecule has 0 saturated heterocycles. The van der Waals surface area contributed by atoms with Crippen molar-refractivity contribution in [3.63, 3.8) is 0 Å². The van der Waals surface area contributed by atoms with Crippen molar-refractivity contribution in [1.82, 2.24) is 5.32 Å². The molecule has 0 aliphatic heterocycles. The number of carbonyl (C=O) groups is 1. The van der Waals surface area contributed by atoms with E-state index in [9.17, 15) is 4.79 Å². The lowest BCUT2D eigenvalue weighted by Gasteiger charge is -2.21. The molecule has 1 aromatic carbocycles. The SMILES string of the molecule is [B]c1cccc(C(=O)NCCC2CCCCC2)c1. The molecule has 1 aliphatic carbocycles. The van der Waals surface area contributed by atoms with E-state index in [4.69, 9.17) is 7.85 Å². The first kappa shape index (κ1) is 13.2. The normalized spacial score (nSPS) is 16.4. The first-order valence-electron chi connectivity index (χ1n) is 6.89. The number of carbonyl (C=O) groups excluding carboxylic acids is 1. The summed E-state index contributed by atoms with van der Waals surface area (Å²) in [5.74, 6) is 0.790. The third-order valence-corrected chi connectivity index (χ3v) is 3.71. The van der Waals surface area contributed by atoms with Crippen LogP contribution >= 0.6 is 0 Å². The van der Waals surface area contributed by atoms with Crippen LogP contribution in [0.1, 0.15) is 48.9 Å². The minimum Gasteiger partial charge on any atom is -0.352 e. The van der Waals surface area contributed by atoms with Crippen molar-refractivity contribution in [1.29, 1.82) is 0 Å². The van der Waals surface area contributed by atoms with Crippen molar-refractivity contribution in [3.8, 4) is 0 Å². The first-order valence-corrected chi connectivity index (χ1v) is 6.89. The molecule has 0 spiro atoms. The minimum atomic E-state index is -0.0156. The smallest absolute Gasteiger partial charge is 0.251 e. The highest BCUT2D eigenvalue weighted by molar-refractivity contribution is 6.32. The van der Waals surface area contributed by atoms with Gasteiger partial charge in [0, 0.05) is 12.1 Å².